The van der Waals surface area contributed by atoms with E-state index in [0.29, 0.717) is 29.2 Å². The maximum atomic E-state index is 6.53. The highest BCUT2D eigenvalue weighted by molar-refractivity contribution is 7.15. The zero-order valence-electron chi connectivity index (χ0n) is 15.5. The number of rotatable bonds is 4. The summed E-state index contributed by atoms with van der Waals surface area (Å²) in [6.45, 7) is 6.85. The second-order valence-electron chi connectivity index (χ2n) is 6.43. The molecule has 0 spiro atoms. The van der Waals surface area contributed by atoms with Crippen LogP contribution in [0.1, 0.15) is 10.7 Å². The van der Waals surface area contributed by atoms with E-state index in [2.05, 4.69) is 25.2 Å². The Labute approximate surface area is 177 Å². The lowest BCUT2D eigenvalue weighted by Crippen LogP contribution is -2.36. The van der Waals surface area contributed by atoms with Crippen LogP contribution in [0.3, 0.4) is 0 Å². The summed E-state index contributed by atoms with van der Waals surface area (Å²) in [6.07, 6.45) is 1.73. The Morgan fingerprint density at radius 2 is 1.82 bits per heavy atom. The van der Waals surface area contributed by atoms with Gasteiger partial charge in [0.2, 0.25) is 5.95 Å². The maximum Gasteiger partial charge on any atom is 0.227 e. The molecule has 9 heteroatoms. The van der Waals surface area contributed by atoms with Gasteiger partial charge in [0.05, 0.1) is 50.2 Å². The van der Waals surface area contributed by atoms with Gasteiger partial charge in [0, 0.05) is 25.0 Å². The first-order chi connectivity index (χ1) is 13.5. The first-order valence-electron chi connectivity index (χ1n) is 8.87. The molecule has 1 aromatic carbocycles. The highest BCUT2D eigenvalue weighted by Crippen LogP contribution is 2.38. The van der Waals surface area contributed by atoms with Gasteiger partial charge < -0.3 is 15.0 Å². The molecule has 0 radical (unpaired) electrons. The van der Waals surface area contributed by atoms with E-state index in [0.717, 1.165) is 45.7 Å². The first kappa shape index (κ1) is 19.4. The Hall–Kier alpha value is -1.93. The van der Waals surface area contributed by atoms with Crippen LogP contribution in [-0.4, -0.2) is 41.3 Å². The molecule has 1 N–H and O–H groups in total. The zero-order valence-corrected chi connectivity index (χ0v) is 17.8. The number of halogens is 2. The van der Waals surface area contributed by atoms with E-state index < -0.39 is 0 Å². The number of thiazole rings is 1. The Kier molecular flexibility index (Phi) is 5.68. The number of aryl methyl sites for hydroxylation is 2. The number of morpholine rings is 1. The molecule has 1 fully saturated rings. The molecule has 0 amide bonds. The van der Waals surface area contributed by atoms with Crippen LogP contribution in [0.2, 0.25) is 10.0 Å². The van der Waals surface area contributed by atoms with Crippen LogP contribution in [0, 0.1) is 13.8 Å². The summed E-state index contributed by atoms with van der Waals surface area (Å²) in [6, 6.07) is 5.57. The monoisotopic (exact) mass is 435 g/mol. The summed E-state index contributed by atoms with van der Waals surface area (Å²) in [5.74, 6) is 0.481. The lowest BCUT2D eigenvalue weighted by Gasteiger charge is -2.30. The van der Waals surface area contributed by atoms with E-state index in [-0.39, 0.29) is 0 Å². The normalized spacial score (nSPS) is 14.4. The zero-order chi connectivity index (χ0) is 19.7. The molecule has 0 atom stereocenters. The standard InChI is InChI=1S/C19H19Cl2N5OS/c1-11-18(28-12(2)23-11)16-3-4-22-19(25-16)24-13-9-14(20)17(15(21)10-13)26-5-7-27-8-6-26/h3-4,9-10H,5-8H2,1-2H3,(H,22,24,25). The molecule has 1 aliphatic rings. The first-order valence-corrected chi connectivity index (χ1v) is 10.4. The molecule has 0 aliphatic carbocycles. The van der Waals surface area contributed by atoms with Gasteiger partial charge in [0.25, 0.3) is 0 Å². The SMILES string of the molecule is Cc1nc(C)c(-c2ccnc(Nc3cc(Cl)c(N4CCOCC4)c(Cl)c3)n2)s1. The van der Waals surface area contributed by atoms with Gasteiger partial charge in [-0.25, -0.2) is 15.0 Å². The minimum atomic E-state index is 0.481. The molecule has 1 aliphatic heterocycles. The average molecular weight is 436 g/mol. The van der Waals surface area contributed by atoms with Gasteiger partial charge >= 0.3 is 0 Å². The predicted molar refractivity (Wildman–Crippen MR) is 115 cm³/mol. The summed E-state index contributed by atoms with van der Waals surface area (Å²) in [7, 11) is 0. The average Bonchev–Trinajstić information content (AvgIpc) is 3.00. The molecule has 1 saturated heterocycles. The van der Waals surface area contributed by atoms with E-state index >= 15 is 0 Å². The summed E-state index contributed by atoms with van der Waals surface area (Å²) in [4.78, 5) is 16.6. The minimum Gasteiger partial charge on any atom is -0.378 e. The largest absolute Gasteiger partial charge is 0.378 e. The van der Waals surface area contributed by atoms with Crippen molar-refractivity contribution in [2.75, 3.05) is 36.5 Å². The Morgan fingerprint density at radius 3 is 2.46 bits per heavy atom. The summed E-state index contributed by atoms with van der Waals surface area (Å²) in [5.41, 5.74) is 3.37. The van der Waals surface area contributed by atoms with E-state index in [1.165, 1.54) is 0 Å². The van der Waals surface area contributed by atoms with Gasteiger partial charge in [-0.05, 0) is 32.0 Å². The Bertz CT molecular complexity index is 981. The summed E-state index contributed by atoms with van der Waals surface area (Å²) >= 11 is 14.7. The van der Waals surface area contributed by atoms with Crippen LogP contribution in [0.4, 0.5) is 17.3 Å². The van der Waals surface area contributed by atoms with Crippen LogP contribution < -0.4 is 10.2 Å². The van der Waals surface area contributed by atoms with E-state index in [1.807, 2.05) is 32.0 Å². The van der Waals surface area contributed by atoms with Crippen molar-refractivity contribution in [2.24, 2.45) is 0 Å². The lowest BCUT2D eigenvalue weighted by molar-refractivity contribution is 0.122. The number of nitrogens with zero attached hydrogens (tertiary/aromatic N) is 4. The van der Waals surface area contributed by atoms with Gasteiger partial charge in [0.15, 0.2) is 0 Å². The molecule has 0 bridgehead atoms. The van der Waals surface area contributed by atoms with Crippen molar-refractivity contribution in [1.82, 2.24) is 15.0 Å². The summed E-state index contributed by atoms with van der Waals surface area (Å²) in [5, 5.41) is 5.38. The van der Waals surface area contributed by atoms with Gasteiger partial charge in [-0.2, -0.15) is 0 Å². The molecule has 0 saturated carbocycles. The van der Waals surface area contributed by atoms with E-state index in [4.69, 9.17) is 27.9 Å². The number of hydrogen-bond acceptors (Lipinski definition) is 7. The van der Waals surface area contributed by atoms with Gasteiger partial charge in [0.1, 0.15) is 0 Å². The van der Waals surface area contributed by atoms with Crippen molar-refractivity contribution in [1.29, 1.82) is 0 Å². The second-order valence-corrected chi connectivity index (χ2v) is 8.44. The molecule has 3 aromatic rings. The van der Waals surface area contributed by atoms with Crippen LogP contribution in [0.15, 0.2) is 24.4 Å². The maximum absolute atomic E-state index is 6.53. The number of ether oxygens (including phenoxy) is 1. The third kappa shape index (κ3) is 4.07. The molecular formula is C19H19Cl2N5OS. The van der Waals surface area contributed by atoms with Crippen LogP contribution in [-0.2, 0) is 4.74 Å². The number of anilines is 3. The number of hydrogen-bond donors (Lipinski definition) is 1. The van der Waals surface area contributed by atoms with Crippen molar-refractivity contribution in [3.05, 3.63) is 45.1 Å². The summed E-state index contributed by atoms with van der Waals surface area (Å²) < 4.78 is 5.40. The van der Waals surface area contributed by atoms with Crippen LogP contribution >= 0.6 is 34.5 Å². The van der Waals surface area contributed by atoms with Crippen molar-refractivity contribution in [2.45, 2.75) is 13.8 Å². The van der Waals surface area contributed by atoms with Gasteiger partial charge in [-0.3, -0.25) is 0 Å². The fourth-order valence-corrected chi connectivity index (χ4v) is 4.79. The number of nitrogens with one attached hydrogen (secondary N) is 1. The number of aromatic nitrogens is 3. The molecule has 3 heterocycles. The van der Waals surface area contributed by atoms with Gasteiger partial charge in [-0.15, -0.1) is 11.3 Å². The predicted octanol–water partition coefficient (Wildman–Crippen LogP) is 5.10. The third-order valence-corrected chi connectivity index (χ3v) is 6.06. The Morgan fingerprint density at radius 1 is 1.11 bits per heavy atom. The fourth-order valence-electron chi connectivity index (χ4n) is 3.17. The van der Waals surface area contributed by atoms with Crippen LogP contribution in [0.5, 0.6) is 0 Å². The fraction of sp³-hybridized carbons (Fsp3) is 0.316. The molecule has 4 rings (SSSR count). The van der Waals surface area contributed by atoms with Crippen molar-refractivity contribution >= 4 is 51.9 Å². The van der Waals surface area contributed by atoms with Crippen molar-refractivity contribution in [3.8, 4) is 10.6 Å². The lowest BCUT2D eigenvalue weighted by atomic mass is 10.2. The topological polar surface area (TPSA) is 63.2 Å². The molecule has 28 heavy (non-hydrogen) atoms. The quantitative estimate of drug-likeness (QED) is 0.614. The van der Waals surface area contributed by atoms with Crippen molar-refractivity contribution in [3.63, 3.8) is 0 Å². The number of benzene rings is 1. The smallest absolute Gasteiger partial charge is 0.227 e. The molecule has 146 valence electrons. The minimum absolute atomic E-state index is 0.481. The second kappa shape index (κ2) is 8.21. The van der Waals surface area contributed by atoms with E-state index in [1.54, 1.807) is 17.5 Å². The van der Waals surface area contributed by atoms with Gasteiger partial charge in [-0.1, -0.05) is 23.2 Å². The van der Waals surface area contributed by atoms with Crippen LogP contribution in [0.25, 0.3) is 10.6 Å². The van der Waals surface area contributed by atoms with Crippen molar-refractivity contribution < 1.29 is 4.74 Å². The molecule has 6 nitrogen and oxygen atoms in total. The highest BCUT2D eigenvalue weighted by atomic mass is 35.5. The molecular weight excluding hydrogens is 417 g/mol. The van der Waals surface area contributed by atoms with E-state index in [9.17, 15) is 0 Å². The third-order valence-electron chi connectivity index (χ3n) is 4.39. The molecule has 0 unspecified atom stereocenters. The Balaban J connectivity index is 1.59. The molecule has 2 aromatic heterocycles. The highest BCUT2D eigenvalue weighted by Gasteiger charge is 2.18.